The first-order valence-electron chi connectivity index (χ1n) is 8.58. The largest absolute Gasteiger partial charge is 0.502 e. The van der Waals surface area contributed by atoms with Gasteiger partial charge in [0, 0.05) is 12.6 Å². The molecule has 0 radical (unpaired) electrons. The lowest BCUT2D eigenvalue weighted by molar-refractivity contribution is -0.159. The quantitative estimate of drug-likeness (QED) is 0.574. The molecule has 0 heterocycles. The minimum atomic E-state index is -1.82. The Bertz CT molecular complexity index is 813. The van der Waals surface area contributed by atoms with E-state index in [1.54, 1.807) is 14.2 Å². The molecule has 150 valence electrons. The van der Waals surface area contributed by atoms with E-state index in [0.29, 0.717) is 24.1 Å². The maximum atomic E-state index is 9.95. The summed E-state index contributed by atoms with van der Waals surface area (Å²) in [6.45, 7) is 0.700. The molecule has 2 aromatic carbocycles. The molecule has 1 unspecified atom stereocenters. The number of nitrogens with one attached hydrogen (secondary N) is 1. The molecular weight excluding hydrogens is 366 g/mol. The lowest BCUT2D eigenvalue weighted by atomic mass is 10.1. The van der Waals surface area contributed by atoms with Crippen molar-refractivity contribution in [2.45, 2.75) is 25.4 Å². The number of rotatable bonds is 5. The Balaban J connectivity index is 0.000000409. The molecule has 0 fully saturated rings. The lowest BCUT2D eigenvalue weighted by Gasteiger charge is -2.16. The zero-order valence-electron chi connectivity index (χ0n) is 15.6. The van der Waals surface area contributed by atoms with E-state index in [2.05, 4.69) is 29.6 Å². The van der Waals surface area contributed by atoms with Crippen LogP contribution in [0.1, 0.15) is 29.2 Å². The molecule has 4 N–H and O–H groups in total. The average Bonchev–Trinajstić information content (AvgIpc) is 3.10. The number of aryl methyl sites for hydroxylation is 1. The Morgan fingerprint density at radius 2 is 1.64 bits per heavy atom. The fourth-order valence-electron chi connectivity index (χ4n) is 3.06. The van der Waals surface area contributed by atoms with Crippen LogP contribution in [0.4, 0.5) is 0 Å². The fourth-order valence-corrected chi connectivity index (χ4v) is 3.06. The topological polar surface area (TPSA) is 125 Å². The average molecular weight is 389 g/mol. The van der Waals surface area contributed by atoms with E-state index >= 15 is 0 Å². The maximum absolute atomic E-state index is 9.95. The van der Waals surface area contributed by atoms with E-state index < -0.39 is 11.9 Å². The van der Waals surface area contributed by atoms with E-state index in [0.717, 1.165) is 18.4 Å². The van der Waals surface area contributed by atoms with Crippen LogP contribution in [0.3, 0.4) is 0 Å². The van der Waals surface area contributed by atoms with Gasteiger partial charge in [-0.05, 0) is 41.7 Å². The summed E-state index contributed by atoms with van der Waals surface area (Å²) in [6.07, 6.45) is 2.24. The zero-order chi connectivity index (χ0) is 20.7. The molecule has 0 spiro atoms. The summed E-state index contributed by atoms with van der Waals surface area (Å²) in [6, 6.07) is 12.6. The number of carboxylic acid groups (broad SMARTS) is 2. The third-order valence-electron chi connectivity index (χ3n) is 4.41. The molecule has 0 aromatic heterocycles. The summed E-state index contributed by atoms with van der Waals surface area (Å²) in [5.74, 6) is -2.74. The van der Waals surface area contributed by atoms with Gasteiger partial charge in [-0.25, -0.2) is 9.59 Å². The monoisotopic (exact) mass is 389 g/mol. The number of hydrogen-bond donors (Lipinski definition) is 4. The van der Waals surface area contributed by atoms with Crippen LogP contribution in [-0.4, -0.2) is 41.5 Å². The molecule has 0 amide bonds. The first kappa shape index (κ1) is 21.0. The van der Waals surface area contributed by atoms with Gasteiger partial charge in [0.25, 0.3) is 0 Å². The van der Waals surface area contributed by atoms with Crippen molar-refractivity contribution in [3.05, 3.63) is 53.1 Å². The summed E-state index contributed by atoms with van der Waals surface area (Å²) in [7, 11) is 3.08. The molecule has 28 heavy (non-hydrogen) atoms. The number of carboxylic acids is 2. The smallest absolute Gasteiger partial charge is 0.414 e. The normalized spacial score (nSPS) is 14.4. The van der Waals surface area contributed by atoms with Crippen LogP contribution in [0.15, 0.2) is 36.4 Å². The third-order valence-corrected chi connectivity index (χ3v) is 4.41. The van der Waals surface area contributed by atoms with Gasteiger partial charge in [0.05, 0.1) is 14.2 Å². The van der Waals surface area contributed by atoms with E-state index in [-0.39, 0.29) is 5.75 Å². The van der Waals surface area contributed by atoms with Crippen molar-refractivity contribution in [2.24, 2.45) is 0 Å². The number of carbonyl (C=O) groups is 2. The van der Waals surface area contributed by atoms with Crippen molar-refractivity contribution in [1.82, 2.24) is 5.32 Å². The van der Waals surface area contributed by atoms with Crippen LogP contribution in [0.2, 0.25) is 0 Å². The third kappa shape index (κ3) is 5.14. The fraction of sp³-hybridized carbons (Fsp3) is 0.300. The second-order valence-electron chi connectivity index (χ2n) is 6.13. The number of phenolic OH excluding ortho intramolecular Hbond substituents is 1. The Kier molecular flexibility index (Phi) is 7.22. The summed E-state index contributed by atoms with van der Waals surface area (Å²) >= 11 is 0. The van der Waals surface area contributed by atoms with E-state index in [1.165, 1.54) is 11.1 Å². The first-order chi connectivity index (χ1) is 13.4. The molecule has 8 heteroatoms. The van der Waals surface area contributed by atoms with Crippen molar-refractivity contribution in [1.29, 1.82) is 0 Å². The summed E-state index contributed by atoms with van der Waals surface area (Å²) in [5, 5.41) is 28.3. The van der Waals surface area contributed by atoms with E-state index in [9.17, 15) is 5.11 Å². The predicted octanol–water partition coefficient (Wildman–Crippen LogP) is 2.34. The van der Waals surface area contributed by atoms with Crippen LogP contribution in [0.25, 0.3) is 0 Å². The summed E-state index contributed by atoms with van der Waals surface area (Å²) in [5.41, 5.74) is 3.84. The highest BCUT2D eigenvalue weighted by atomic mass is 16.5. The lowest BCUT2D eigenvalue weighted by Crippen LogP contribution is -2.18. The van der Waals surface area contributed by atoms with Crippen LogP contribution in [0.5, 0.6) is 17.2 Å². The number of ether oxygens (including phenoxy) is 2. The molecule has 0 aliphatic heterocycles. The van der Waals surface area contributed by atoms with Gasteiger partial charge in [0.1, 0.15) is 0 Å². The number of hydrogen-bond acceptors (Lipinski definition) is 6. The van der Waals surface area contributed by atoms with Gasteiger partial charge in [-0.1, -0.05) is 24.3 Å². The van der Waals surface area contributed by atoms with Gasteiger partial charge < -0.3 is 30.1 Å². The Labute approximate surface area is 162 Å². The van der Waals surface area contributed by atoms with Crippen molar-refractivity contribution >= 4 is 11.9 Å². The van der Waals surface area contributed by atoms with Crippen molar-refractivity contribution < 1.29 is 34.4 Å². The highest BCUT2D eigenvalue weighted by Gasteiger charge is 2.21. The molecule has 2 aromatic rings. The van der Waals surface area contributed by atoms with Gasteiger partial charge >= 0.3 is 11.9 Å². The molecule has 1 aliphatic rings. The van der Waals surface area contributed by atoms with Gasteiger partial charge in [-0.3, -0.25) is 0 Å². The standard InChI is InChI=1S/C18H21NO3.C2H2O4/c1-21-16-9-12(10-17(22-2)18(16)20)11-19-15-8-7-13-5-3-4-6-14(13)15;3-1(4)2(5)6/h3-6,9-10,15,19-20H,7-8,11H2,1-2H3;(H,3,4)(H,5,6). The maximum Gasteiger partial charge on any atom is 0.414 e. The number of phenols is 1. The summed E-state index contributed by atoms with van der Waals surface area (Å²) < 4.78 is 10.4. The minimum absolute atomic E-state index is 0.0416. The SMILES string of the molecule is COc1cc(CNC2CCc3ccccc32)cc(OC)c1O.O=C(O)C(=O)O. The second kappa shape index (κ2) is 9.61. The first-order valence-corrected chi connectivity index (χ1v) is 8.58. The number of aliphatic carboxylic acids is 2. The van der Waals surface area contributed by atoms with Gasteiger partial charge in [0.2, 0.25) is 5.75 Å². The minimum Gasteiger partial charge on any atom is -0.502 e. The van der Waals surface area contributed by atoms with Gasteiger partial charge in [-0.15, -0.1) is 0 Å². The van der Waals surface area contributed by atoms with Crippen molar-refractivity contribution in [3.8, 4) is 17.2 Å². The van der Waals surface area contributed by atoms with Gasteiger partial charge in [0.15, 0.2) is 11.5 Å². The molecule has 1 aliphatic carbocycles. The predicted molar refractivity (Wildman–Crippen MR) is 101 cm³/mol. The molecule has 0 bridgehead atoms. The number of benzene rings is 2. The van der Waals surface area contributed by atoms with Crippen LogP contribution >= 0.6 is 0 Å². The molecule has 0 saturated carbocycles. The number of methoxy groups -OCH3 is 2. The number of aromatic hydroxyl groups is 1. The van der Waals surface area contributed by atoms with Crippen molar-refractivity contribution in [2.75, 3.05) is 14.2 Å². The molecule has 3 rings (SSSR count). The Morgan fingerprint density at radius 1 is 1.07 bits per heavy atom. The van der Waals surface area contributed by atoms with Crippen molar-refractivity contribution in [3.63, 3.8) is 0 Å². The van der Waals surface area contributed by atoms with Crippen LogP contribution in [0, 0.1) is 0 Å². The Morgan fingerprint density at radius 3 is 2.18 bits per heavy atom. The van der Waals surface area contributed by atoms with Crippen LogP contribution < -0.4 is 14.8 Å². The van der Waals surface area contributed by atoms with E-state index in [1.807, 2.05) is 12.1 Å². The molecular formula is C20H23NO7. The Hall–Kier alpha value is -3.26. The van der Waals surface area contributed by atoms with E-state index in [4.69, 9.17) is 29.3 Å². The highest BCUT2D eigenvalue weighted by molar-refractivity contribution is 6.27. The second-order valence-corrected chi connectivity index (χ2v) is 6.13. The van der Waals surface area contributed by atoms with Crippen LogP contribution in [-0.2, 0) is 22.6 Å². The summed E-state index contributed by atoms with van der Waals surface area (Å²) in [4.78, 5) is 18.2. The molecule has 0 saturated heterocycles. The highest BCUT2D eigenvalue weighted by Crippen LogP contribution is 2.37. The molecule has 8 nitrogen and oxygen atoms in total. The zero-order valence-corrected chi connectivity index (χ0v) is 15.6. The van der Waals surface area contributed by atoms with Gasteiger partial charge in [-0.2, -0.15) is 0 Å². The number of fused-ring (bicyclic) bond motifs is 1. The molecule has 1 atom stereocenters.